The molecule has 6 heteroatoms. The Kier molecular flexibility index (Phi) is 5.53. The minimum Gasteiger partial charge on any atom is -0.465 e. The van der Waals surface area contributed by atoms with Gasteiger partial charge in [-0.1, -0.05) is 6.07 Å². The normalized spacial score (nSPS) is 11.2. The fourth-order valence-electron chi connectivity index (χ4n) is 2.68. The van der Waals surface area contributed by atoms with E-state index < -0.39 is 5.97 Å². The second kappa shape index (κ2) is 8.01. The lowest BCUT2D eigenvalue weighted by Crippen LogP contribution is -2.13. The molecule has 0 aliphatic heterocycles. The topological polar surface area (TPSA) is 61.4 Å². The second-order valence-corrected chi connectivity index (χ2v) is 6.86. The van der Waals surface area contributed by atoms with Gasteiger partial charge in [0.2, 0.25) is 5.78 Å². The van der Waals surface area contributed by atoms with Crippen LogP contribution in [-0.2, 0) is 16.1 Å². The van der Waals surface area contributed by atoms with E-state index in [1.54, 1.807) is 23.5 Å². The van der Waals surface area contributed by atoms with Gasteiger partial charge >= 0.3 is 5.97 Å². The van der Waals surface area contributed by atoms with Crippen LogP contribution in [0.15, 0.2) is 52.5 Å². The van der Waals surface area contributed by atoms with E-state index in [0.717, 1.165) is 17.9 Å². The monoisotopic (exact) mass is 369 g/mol. The number of hydrogen-bond acceptors (Lipinski definition) is 5. The molecule has 0 aromatic carbocycles. The summed E-state index contributed by atoms with van der Waals surface area (Å²) in [6, 6.07) is 9.36. The third-order valence-electron chi connectivity index (χ3n) is 4.04. The molecular weight excluding hydrogens is 350 g/mol. The Morgan fingerprint density at radius 3 is 2.81 bits per heavy atom. The van der Waals surface area contributed by atoms with Crippen LogP contribution < -0.4 is 0 Å². The summed E-state index contributed by atoms with van der Waals surface area (Å²) in [6.07, 6.45) is 4.26. The Morgan fingerprint density at radius 1 is 1.27 bits per heavy atom. The van der Waals surface area contributed by atoms with Crippen LogP contribution in [0.5, 0.6) is 0 Å². The highest BCUT2D eigenvalue weighted by molar-refractivity contribution is 7.09. The number of ketones is 1. The first kappa shape index (κ1) is 17.9. The van der Waals surface area contributed by atoms with E-state index in [1.165, 1.54) is 23.3 Å². The Labute approximate surface area is 155 Å². The van der Waals surface area contributed by atoms with Gasteiger partial charge in [0.1, 0.15) is 5.76 Å². The lowest BCUT2D eigenvalue weighted by Gasteiger charge is -2.08. The standard InChI is InChI=1S/C20H19NO4S/c1-14-11-18(15(2)21(14)12-17-6-4-10-26-17)19(22)13-25-20(23)8-7-16-5-3-9-24-16/h3-11H,12-13H2,1-2H3/b8-7+. The molecule has 0 bridgehead atoms. The number of Topliss-reactive ketones (excluding diaryl/α,β-unsaturated/α-hetero) is 1. The molecule has 0 atom stereocenters. The van der Waals surface area contributed by atoms with E-state index in [2.05, 4.69) is 10.6 Å². The van der Waals surface area contributed by atoms with E-state index in [-0.39, 0.29) is 12.4 Å². The molecule has 134 valence electrons. The van der Waals surface area contributed by atoms with Crippen molar-refractivity contribution >= 4 is 29.2 Å². The summed E-state index contributed by atoms with van der Waals surface area (Å²) in [5, 5.41) is 2.03. The van der Waals surface area contributed by atoms with Crippen molar-refractivity contribution in [3.63, 3.8) is 0 Å². The number of ether oxygens (including phenoxy) is 1. The zero-order chi connectivity index (χ0) is 18.5. The molecule has 0 aliphatic rings. The minimum absolute atomic E-state index is 0.213. The number of hydrogen-bond donors (Lipinski definition) is 0. The van der Waals surface area contributed by atoms with Crippen LogP contribution in [0.4, 0.5) is 0 Å². The van der Waals surface area contributed by atoms with Gasteiger partial charge in [-0.05, 0) is 49.6 Å². The zero-order valence-electron chi connectivity index (χ0n) is 14.6. The summed E-state index contributed by atoms with van der Waals surface area (Å²) in [6.45, 7) is 4.32. The number of carbonyl (C=O) groups is 2. The number of aryl methyl sites for hydroxylation is 1. The second-order valence-electron chi connectivity index (χ2n) is 5.83. The van der Waals surface area contributed by atoms with Crippen LogP contribution in [0.2, 0.25) is 0 Å². The Hall–Kier alpha value is -2.86. The average Bonchev–Trinajstić information content (AvgIpc) is 3.37. The third-order valence-corrected chi connectivity index (χ3v) is 4.90. The summed E-state index contributed by atoms with van der Waals surface area (Å²) in [4.78, 5) is 25.4. The van der Waals surface area contributed by atoms with Crippen LogP contribution in [-0.4, -0.2) is 22.9 Å². The number of thiophene rings is 1. The maximum Gasteiger partial charge on any atom is 0.331 e. The first-order valence-electron chi connectivity index (χ1n) is 8.15. The molecule has 0 spiro atoms. The highest BCUT2D eigenvalue weighted by atomic mass is 32.1. The predicted molar refractivity (Wildman–Crippen MR) is 100 cm³/mol. The van der Waals surface area contributed by atoms with Crippen molar-refractivity contribution in [2.24, 2.45) is 0 Å². The van der Waals surface area contributed by atoms with Crippen molar-refractivity contribution in [3.8, 4) is 0 Å². The predicted octanol–water partition coefficient (Wildman–Crippen LogP) is 4.25. The maximum atomic E-state index is 12.4. The summed E-state index contributed by atoms with van der Waals surface area (Å²) >= 11 is 1.68. The largest absolute Gasteiger partial charge is 0.465 e. The van der Waals surface area contributed by atoms with Crippen LogP contribution >= 0.6 is 11.3 Å². The first-order valence-corrected chi connectivity index (χ1v) is 9.03. The number of nitrogens with zero attached hydrogens (tertiary/aromatic N) is 1. The molecule has 0 N–H and O–H groups in total. The maximum absolute atomic E-state index is 12.4. The van der Waals surface area contributed by atoms with Gasteiger partial charge in [0.05, 0.1) is 12.8 Å². The van der Waals surface area contributed by atoms with Gasteiger partial charge in [-0.2, -0.15) is 0 Å². The van der Waals surface area contributed by atoms with Gasteiger partial charge in [-0.25, -0.2) is 4.79 Å². The van der Waals surface area contributed by atoms with Crippen LogP contribution in [0.25, 0.3) is 6.08 Å². The molecule has 3 aromatic heterocycles. The number of rotatable bonds is 7. The molecule has 0 radical (unpaired) electrons. The van der Waals surface area contributed by atoms with Gasteiger partial charge in [0.25, 0.3) is 0 Å². The van der Waals surface area contributed by atoms with Crippen molar-refractivity contribution in [2.75, 3.05) is 6.61 Å². The molecule has 3 heterocycles. The SMILES string of the molecule is Cc1cc(C(=O)COC(=O)/C=C/c2ccco2)c(C)n1Cc1cccs1. The molecule has 3 rings (SSSR count). The van der Waals surface area contributed by atoms with E-state index in [0.29, 0.717) is 11.3 Å². The van der Waals surface area contributed by atoms with Crippen molar-refractivity contribution in [1.29, 1.82) is 0 Å². The molecule has 0 saturated carbocycles. The van der Waals surface area contributed by atoms with Gasteiger partial charge in [0.15, 0.2) is 6.61 Å². The van der Waals surface area contributed by atoms with Crippen LogP contribution in [0.1, 0.15) is 32.4 Å². The molecule has 0 aliphatic carbocycles. The Balaban J connectivity index is 1.62. The quantitative estimate of drug-likeness (QED) is 0.355. The van der Waals surface area contributed by atoms with Crippen LogP contribution in [0.3, 0.4) is 0 Å². The molecule has 0 amide bonds. The van der Waals surface area contributed by atoms with Gasteiger partial charge in [-0.15, -0.1) is 11.3 Å². The Bertz CT molecular complexity index is 918. The van der Waals surface area contributed by atoms with E-state index >= 15 is 0 Å². The smallest absolute Gasteiger partial charge is 0.331 e. The van der Waals surface area contributed by atoms with Crippen LogP contribution in [0, 0.1) is 13.8 Å². The molecular formula is C20H19NO4S. The minimum atomic E-state index is -0.581. The van der Waals surface area contributed by atoms with Crippen molar-refractivity contribution in [3.05, 3.63) is 75.6 Å². The third kappa shape index (κ3) is 4.21. The molecule has 0 unspecified atom stereocenters. The average molecular weight is 369 g/mol. The summed E-state index contributed by atoms with van der Waals surface area (Å²) in [7, 11) is 0. The highest BCUT2D eigenvalue weighted by Gasteiger charge is 2.17. The van der Waals surface area contributed by atoms with Gasteiger partial charge in [0, 0.05) is 27.9 Å². The number of aromatic nitrogens is 1. The molecule has 26 heavy (non-hydrogen) atoms. The highest BCUT2D eigenvalue weighted by Crippen LogP contribution is 2.19. The van der Waals surface area contributed by atoms with Crippen molar-refractivity contribution in [2.45, 2.75) is 20.4 Å². The number of carbonyl (C=O) groups excluding carboxylic acids is 2. The number of esters is 1. The summed E-state index contributed by atoms with van der Waals surface area (Å²) < 4.78 is 12.2. The molecule has 0 fully saturated rings. The summed E-state index contributed by atoms with van der Waals surface area (Å²) in [5.41, 5.74) is 2.47. The summed E-state index contributed by atoms with van der Waals surface area (Å²) in [5.74, 6) is -0.247. The van der Waals surface area contributed by atoms with Gasteiger partial charge in [-0.3, -0.25) is 4.79 Å². The molecule has 0 saturated heterocycles. The lowest BCUT2D eigenvalue weighted by atomic mass is 10.1. The fraction of sp³-hybridized carbons (Fsp3) is 0.200. The van der Waals surface area contributed by atoms with E-state index in [9.17, 15) is 9.59 Å². The fourth-order valence-corrected chi connectivity index (χ4v) is 3.38. The molecule has 3 aromatic rings. The lowest BCUT2D eigenvalue weighted by molar-refractivity contribution is -0.136. The van der Waals surface area contributed by atoms with Crippen molar-refractivity contribution in [1.82, 2.24) is 4.57 Å². The first-order chi connectivity index (χ1) is 12.5. The van der Waals surface area contributed by atoms with E-state index in [1.807, 2.05) is 31.4 Å². The van der Waals surface area contributed by atoms with E-state index in [4.69, 9.17) is 9.15 Å². The van der Waals surface area contributed by atoms with Crippen molar-refractivity contribution < 1.29 is 18.7 Å². The number of furan rings is 1. The Morgan fingerprint density at radius 2 is 2.12 bits per heavy atom. The molecule has 5 nitrogen and oxygen atoms in total. The van der Waals surface area contributed by atoms with Gasteiger partial charge < -0.3 is 13.7 Å². The zero-order valence-corrected chi connectivity index (χ0v) is 15.4.